The van der Waals surface area contributed by atoms with Crippen molar-refractivity contribution in [2.45, 2.75) is 24.6 Å². The highest BCUT2D eigenvalue weighted by Gasteiger charge is 2.50. The van der Waals surface area contributed by atoms with E-state index in [1.54, 1.807) is 0 Å². The lowest BCUT2D eigenvalue weighted by Crippen LogP contribution is -2.70. The number of rotatable bonds is 1. The molecular weight excluding hydrogens is 188 g/mol. The number of carbonyl (C=O) groups is 2. The van der Waals surface area contributed by atoms with E-state index in [4.69, 9.17) is 10.8 Å². The van der Waals surface area contributed by atoms with Gasteiger partial charge in [0.2, 0.25) is 5.91 Å². The molecular formula is C8H10N2O4. The third kappa shape index (κ3) is 1.04. The fraction of sp³-hybridized carbons (Fsp3) is 0.500. The zero-order chi connectivity index (χ0) is 10.5. The molecule has 1 fully saturated rings. The lowest BCUT2D eigenvalue weighted by Gasteiger charge is -2.48. The summed E-state index contributed by atoms with van der Waals surface area (Å²) in [6.45, 7) is 0. The molecule has 6 heteroatoms. The summed E-state index contributed by atoms with van der Waals surface area (Å²) in [6, 6.07) is -1.04. The summed E-state index contributed by atoms with van der Waals surface area (Å²) < 4.78 is 0. The van der Waals surface area contributed by atoms with Crippen molar-refractivity contribution in [2.75, 3.05) is 0 Å². The van der Waals surface area contributed by atoms with Crippen LogP contribution in [0, 0.1) is 0 Å². The highest BCUT2D eigenvalue weighted by Crippen LogP contribution is 2.31. The smallest absolute Gasteiger partial charge is 0.352 e. The van der Waals surface area contributed by atoms with Gasteiger partial charge in [0.05, 0.1) is 12.1 Å². The van der Waals surface area contributed by atoms with Crippen LogP contribution in [-0.2, 0) is 9.59 Å². The lowest BCUT2D eigenvalue weighted by atomic mass is 9.86. The van der Waals surface area contributed by atoms with Gasteiger partial charge >= 0.3 is 5.97 Å². The van der Waals surface area contributed by atoms with Crippen molar-refractivity contribution in [1.82, 2.24) is 4.90 Å². The Hall–Kier alpha value is -1.40. The number of aliphatic hydroxyl groups excluding tert-OH is 1. The molecule has 2 aliphatic rings. The number of nitrogens with zero attached hydrogens (tertiary/aromatic N) is 1. The van der Waals surface area contributed by atoms with Crippen LogP contribution in [-0.4, -0.2) is 45.2 Å². The quantitative estimate of drug-likeness (QED) is 0.434. The van der Waals surface area contributed by atoms with Gasteiger partial charge in [-0.2, -0.15) is 0 Å². The number of aliphatic hydroxyl groups is 1. The van der Waals surface area contributed by atoms with Crippen molar-refractivity contribution in [2.24, 2.45) is 5.73 Å². The van der Waals surface area contributed by atoms with Gasteiger partial charge in [0.1, 0.15) is 11.7 Å². The van der Waals surface area contributed by atoms with Crippen LogP contribution >= 0.6 is 0 Å². The number of amides is 1. The first-order chi connectivity index (χ1) is 6.52. The summed E-state index contributed by atoms with van der Waals surface area (Å²) in [5, 5.41) is 18.1. The molecule has 0 aromatic heterocycles. The Kier molecular flexibility index (Phi) is 1.83. The Morgan fingerprint density at radius 3 is 2.86 bits per heavy atom. The molecule has 1 amide bonds. The van der Waals surface area contributed by atoms with E-state index in [1.165, 1.54) is 6.08 Å². The molecule has 3 atom stereocenters. The minimum atomic E-state index is -1.21. The number of β-lactam (4-membered cyclic amide) rings is 1. The minimum absolute atomic E-state index is 0.166. The van der Waals surface area contributed by atoms with Crippen LogP contribution in [0.3, 0.4) is 0 Å². The first kappa shape index (κ1) is 9.17. The summed E-state index contributed by atoms with van der Waals surface area (Å²) in [4.78, 5) is 23.1. The maximum absolute atomic E-state index is 11.2. The van der Waals surface area contributed by atoms with Crippen LogP contribution < -0.4 is 5.73 Å². The van der Waals surface area contributed by atoms with Crippen molar-refractivity contribution in [3.8, 4) is 0 Å². The van der Waals surface area contributed by atoms with Crippen molar-refractivity contribution in [3.63, 3.8) is 0 Å². The molecule has 0 bridgehead atoms. The van der Waals surface area contributed by atoms with E-state index in [2.05, 4.69) is 0 Å². The SMILES string of the molecule is N[C@H]1C(=O)N2C(C(=O)O)=C[C@H](O)CC12. The summed E-state index contributed by atoms with van der Waals surface area (Å²) in [5.41, 5.74) is 5.31. The number of hydrogen-bond donors (Lipinski definition) is 3. The number of hydrogen-bond acceptors (Lipinski definition) is 4. The number of aliphatic carboxylic acids is 1. The van der Waals surface area contributed by atoms with Crippen LogP contribution in [0.4, 0.5) is 0 Å². The average molecular weight is 198 g/mol. The maximum atomic E-state index is 11.2. The Morgan fingerprint density at radius 2 is 2.29 bits per heavy atom. The molecule has 14 heavy (non-hydrogen) atoms. The predicted octanol–water partition coefficient (Wildman–Crippen LogP) is -1.74. The van der Waals surface area contributed by atoms with Crippen molar-refractivity contribution in [3.05, 3.63) is 11.8 Å². The standard InChI is InChI=1S/C8H10N2O4/c9-6-4-1-3(11)2-5(8(13)14)10(4)7(6)12/h2-4,6,11H,1,9H2,(H,13,14)/t3-,4?,6-/m1/s1. The van der Waals surface area contributed by atoms with Crippen molar-refractivity contribution in [1.29, 1.82) is 0 Å². The number of nitrogens with two attached hydrogens (primary N) is 1. The van der Waals surface area contributed by atoms with Crippen LogP contribution in [0.1, 0.15) is 6.42 Å². The maximum Gasteiger partial charge on any atom is 0.352 e. The molecule has 2 heterocycles. The fourth-order valence-corrected chi connectivity index (χ4v) is 1.87. The Balaban J connectivity index is 2.32. The Labute approximate surface area is 79.6 Å². The van der Waals surface area contributed by atoms with Crippen LogP contribution in [0.5, 0.6) is 0 Å². The number of carboxylic acids is 1. The normalized spacial score (nSPS) is 35.9. The van der Waals surface area contributed by atoms with Gasteiger partial charge in [-0.25, -0.2) is 4.79 Å². The van der Waals surface area contributed by atoms with Crippen LogP contribution in [0.15, 0.2) is 11.8 Å². The van der Waals surface area contributed by atoms with Gasteiger partial charge in [0, 0.05) is 0 Å². The van der Waals surface area contributed by atoms with E-state index in [0.29, 0.717) is 6.42 Å². The first-order valence-electron chi connectivity index (χ1n) is 4.24. The molecule has 2 rings (SSSR count). The first-order valence-corrected chi connectivity index (χ1v) is 4.24. The molecule has 1 unspecified atom stereocenters. The minimum Gasteiger partial charge on any atom is -0.477 e. The van der Waals surface area contributed by atoms with E-state index >= 15 is 0 Å². The molecule has 0 aromatic rings. The summed E-state index contributed by atoms with van der Waals surface area (Å²) in [6.07, 6.45) is 0.647. The molecule has 6 nitrogen and oxygen atoms in total. The lowest BCUT2D eigenvalue weighted by molar-refractivity contribution is -0.153. The van der Waals surface area contributed by atoms with E-state index < -0.39 is 24.0 Å². The molecule has 0 saturated carbocycles. The van der Waals surface area contributed by atoms with Gasteiger partial charge in [-0.3, -0.25) is 9.69 Å². The zero-order valence-corrected chi connectivity index (χ0v) is 7.25. The second-order valence-electron chi connectivity index (χ2n) is 3.46. The average Bonchev–Trinajstić information content (AvgIpc) is 2.15. The molecule has 4 N–H and O–H groups in total. The Morgan fingerprint density at radius 1 is 1.64 bits per heavy atom. The highest BCUT2D eigenvalue weighted by molar-refractivity contribution is 5.99. The Bertz CT molecular complexity index is 338. The molecule has 76 valence electrons. The third-order valence-electron chi connectivity index (χ3n) is 2.58. The molecule has 0 aliphatic carbocycles. The van der Waals surface area contributed by atoms with Crippen molar-refractivity contribution < 1.29 is 19.8 Å². The van der Waals surface area contributed by atoms with Gasteiger partial charge in [0.25, 0.3) is 0 Å². The molecule has 0 radical (unpaired) electrons. The summed E-state index contributed by atoms with van der Waals surface area (Å²) >= 11 is 0. The topological polar surface area (TPSA) is 104 Å². The van der Waals surface area contributed by atoms with Crippen LogP contribution in [0.25, 0.3) is 0 Å². The van der Waals surface area contributed by atoms with Crippen molar-refractivity contribution >= 4 is 11.9 Å². The van der Waals surface area contributed by atoms with Gasteiger partial charge in [-0.1, -0.05) is 0 Å². The highest BCUT2D eigenvalue weighted by atomic mass is 16.4. The fourth-order valence-electron chi connectivity index (χ4n) is 1.87. The molecule has 2 aliphatic heterocycles. The third-order valence-corrected chi connectivity index (χ3v) is 2.58. The van der Waals surface area contributed by atoms with Gasteiger partial charge in [0.15, 0.2) is 0 Å². The zero-order valence-electron chi connectivity index (χ0n) is 7.25. The van der Waals surface area contributed by atoms with E-state index in [1.807, 2.05) is 0 Å². The largest absolute Gasteiger partial charge is 0.477 e. The van der Waals surface area contributed by atoms with Gasteiger partial charge in [-0.15, -0.1) is 0 Å². The number of carboxylic acid groups (broad SMARTS) is 1. The van der Waals surface area contributed by atoms with E-state index in [0.717, 1.165) is 4.90 Å². The second-order valence-corrected chi connectivity index (χ2v) is 3.46. The second kappa shape index (κ2) is 2.79. The summed E-state index contributed by atoms with van der Waals surface area (Å²) in [5.74, 6) is -1.61. The number of fused-ring (bicyclic) bond motifs is 1. The van der Waals surface area contributed by atoms with Gasteiger partial charge in [-0.05, 0) is 12.5 Å². The molecule has 0 aromatic carbocycles. The van der Waals surface area contributed by atoms with E-state index in [-0.39, 0.29) is 11.7 Å². The number of carbonyl (C=O) groups excluding carboxylic acids is 1. The van der Waals surface area contributed by atoms with E-state index in [9.17, 15) is 14.7 Å². The monoisotopic (exact) mass is 198 g/mol. The summed E-state index contributed by atoms with van der Waals surface area (Å²) in [7, 11) is 0. The molecule has 0 spiro atoms. The van der Waals surface area contributed by atoms with Gasteiger partial charge < -0.3 is 15.9 Å². The van der Waals surface area contributed by atoms with Crippen LogP contribution in [0.2, 0.25) is 0 Å². The predicted molar refractivity (Wildman–Crippen MR) is 45.0 cm³/mol. The molecule has 1 saturated heterocycles.